The minimum Gasteiger partial charge on any atom is -0.348 e. The quantitative estimate of drug-likeness (QED) is 0.510. The number of carbonyl (C=O) groups is 3. The maximum Gasteiger partial charge on any atom is 0.239 e. The number of benzene rings is 3. The van der Waals surface area contributed by atoms with E-state index in [4.69, 9.17) is 0 Å². The van der Waals surface area contributed by atoms with E-state index in [1.165, 1.54) is 0 Å². The lowest BCUT2D eigenvalue weighted by Gasteiger charge is -2.15. The van der Waals surface area contributed by atoms with Crippen LogP contribution in [0.2, 0.25) is 0 Å². The minimum atomic E-state index is -0.255. The number of hydrogen-bond acceptors (Lipinski definition) is 3. The molecule has 0 radical (unpaired) electrons. The molecule has 1 saturated carbocycles. The molecule has 1 fully saturated rings. The van der Waals surface area contributed by atoms with Gasteiger partial charge >= 0.3 is 0 Å². The summed E-state index contributed by atoms with van der Waals surface area (Å²) in [7, 11) is 0. The Kier molecular flexibility index (Phi) is 6.50. The van der Waals surface area contributed by atoms with Crippen molar-refractivity contribution in [1.82, 2.24) is 10.6 Å². The smallest absolute Gasteiger partial charge is 0.239 e. The molecule has 1 atom stereocenters. The fourth-order valence-corrected chi connectivity index (χ4v) is 3.68. The van der Waals surface area contributed by atoms with Gasteiger partial charge in [0.2, 0.25) is 17.7 Å². The number of carbonyl (C=O) groups excluding carboxylic acids is 3. The fourth-order valence-electron chi connectivity index (χ4n) is 3.68. The van der Waals surface area contributed by atoms with Crippen LogP contribution in [0.1, 0.15) is 36.9 Å². The summed E-state index contributed by atoms with van der Waals surface area (Å²) in [5.74, 6) is -0.225. The highest BCUT2D eigenvalue weighted by atomic mass is 16.2. The second-order valence-corrected chi connectivity index (χ2v) is 8.27. The monoisotopic (exact) mass is 429 g/mol. The molecule has 4 rings (SSSR count). The molecule has 0 heterocycles. The lowest BCUT2D eigenvalue weighted by Crippen LogP contribution is -2.38. The predicted octanol–water partition coefficient (Wildman–Crippen LogP) is 3.72. The molecule has 1 aliphatic carbocycles. The summed E-state index contributed by atoms with van der Waals surface area (Å²) in [6, 6.07) is 21.0. The Morgan fingerprint density at radius 3 is 2.38 bits per heavy atom. The molecule has 1 aliphatic rings. The molecule has 0 aliphatic heterocycles. The van der Waals surface area contributed by atoms with E-state index in [1.54, 1.807) is 0 Å². The Bertz CT molecular complexity index is 1130. The first-order chi connectivity index (χ1) is 15.5. The highest BCUT2D eigenvalue weighted by Crippen LogP contribution is 2.30. The third-order valence-corrected chi connectivity index (χ3v) is 5.68. The van der Waals surface area contributed by atoms with Crippen LogP contribution < -0.4 is 16.0 Å². The molecule has 1 unspecified atom stereocenters. The van der Waals surface area contributed by atoms with E-state index in [9.17, 15) is 14.4 Å². The maximum atomic E-state index is 12.4. The number of fused-ring (bicyclic) bond motifs is 1. The van der Waals surface area contributed by atoms with Crippen LogP contribution in [0.15, 0.2) is 66.7 Å². The number of rotatable bonds is 8. The van der Waals surface area contributed by atoms with Crippen LogP contribution in [0.25, 0.3) is 10.8 Å². The molecular weight excluding hydrogens is 402 g/mol. The molecule has 3 N–H and O–H groups in total. The number of hydrogen-bond donors (Lipinski definition) is 3. The van der Waals surface area contributed by atoms with E-state index in [0.717, 1.165) is 40.4 Å². The van der Waals surface area contributed by atoms with Gasteiger partial charge < -0.3 is 16.0 Å². The van der Waals surface area contributed by atoms with Crippen molar-refractivity contribution in [3.05, 3.63) is 77.9 Å². The van der Waals surface area contributed by atoms with Crippen molar-refractivity contribution in [3.8, 4) is 0 Å². The van der Waals surface area contributed by atoms with Gasteiger partial charge in [-0.2, -0.15) is 0 Å². The molecule has 0 saturated heterocycles. The third-order valence-electron chi connectivity index (χ3n) is 5.68. The normalized spacial score (nSPS) is 13.9. The van der Waals surface area contributed by atoms with Gasteiger partial charge in [-0.3, -0.25) is 14.4 Å². The zero-order valence-electron chi connectivity index (χ0n) is 18.1. The zero-order chi connectivity index (χ0) is 22.5. The van der Waals surface area contributed by atoms with E-state index < -0.39 is 0 Å². The maximum absolute atomic E-state index is 12.4. The van der Waals surface area contributed by atoms with Crippen LogP contribution in [0.4, 0.5) is 5.69 Å². The molecule has 3 aromatic rings. The van der Waals surface area contributed by atoms with Crippen molar-refractivity contribution < 1.29 is 14.4 Å². The van der Waals surface area contributed by atoms with Crippen LogP contribution in [0.3, 0.4) is 0 Å². The predicted molar refractivity (Wildman–Crippen MR) is 125 cm³/mol. The molecule has 6 heteroatoms. The first kappa shape index (κ1) is 21.6. The largest absolute Gasteiger partial charge is 0.348 e. The van der Waals surface area contributed by atoms with Crippen molar-refractivity contribution in [1.29, 1.82) is 0 Å². The van der Waals surface area contributed by atoms with Gasteiger partial charge in [-0.05, 0) is 53.8 Å². The van der Waals surface area contributed by atoms with Gasteiger partial charge in [-0.25, -0.2) is 0 Å². The van der Waals surface area contributed by atoms with Gasteiger partial charge in [-0.15, -0.1) is 0 Å². The topological polar surface area (TPSA) is 87.3 Å². The number of amides is 3. The van der Waals surface area contributed by atoms with E-state index >= 15 is 0 Å². The SMILES string of the molecule is CC(NC(=O)CNC(=O)Cc1cccc2ccccc12)c1ccc(NC(=O)C2CC2)cc1. The Labute approximate surface area is 187 Å². The van der Waals surface area contributed by atoms with Crippen molar-refractivity contribution in [3.63, 3.8) is 0 Å². The summed E-state index contributed by atoms with van der Waals surface area (Å²) in [5, 5.41) is 10.6. The van der Waals surface area contributed by atoms with E-state index in [2.05, 4.69) is 16.0 Å². The summed E-state index contributed by atoms with van der Waals surface area (Å²) in [6.45, 7) is 1.80. The van der Waals surface area contributed by atoms with Gasteiger partial charge in [0.25, 0.3) is 0 Å². The van der Waals surface area contributed by atoms with Gasteiger partial charge in [0.1, 0.15) is 0 Å². The van der Waals surface area contributed by atoms with Crippen molar-refractivity contribution >= 4 is 34.2 Å². The average molecular weight is 430 g/mol. The lowest BCUT2D eigenvalue weighted by molar-refractivity contribution is -0.126. The van der Waals surface area contributed by atoms with Crippen LogP contribution in [0, 0.1) is 5.92 Å². The summed E-state index contributed by atoms with van der Waals surface area (Å²) in [5.41, 5.74) is 2.61. The van der Waals surface area contributed by atoms with Crippen molar-refractivity contribution in [2.75, 3.05) is 11.9 Å². The van der Waals surface area contributed by atoms with Crippen LogP contribution >= 0.6 is 0 Å². The van der Waals surface area contributed by atoms with E-state index in [0.29, 0.717) is 0 Å². The minimum absolute atomic E-state index is 0.0679. The average Bonchev–Trinajstić information content (AvgIpc) is 3.64. The standard InChI is InChI=1S/C26H27N3O3/c1-17(18-11-13-22(14-12-18)29-26(32)20-9-10-20)28-25(31)16-27-24(30)15-21-7-4-6-19-5-2-3-8-23(19)21/h2-8,11-14,17,20H,9-10,15-16H2,1H3,(H,27,30)(H,28,31)(H,29,32). The van der Waals surface area contributed by atoms with Crippen molar-refractivity contribution in [2.45, 2.75) is 32.2 Å². The second kappa shape index (κ2) is 9.64. The van der Waals surface area contributed by atoms with Gasteiger partial charge in [0, 0.05) is 11.6 Å². The van der Waals surface area contributed by atoms with Crippen molar-refractivity contribution in [2.24, 2.45) is 5.92 Å². The first-order valence-corrected chi connectivity index (χ1v) is 10.9. The Hall–Kier alpha value is -3.67. The van der Waals surface area contributed by atoms with Crippen LogP contribution in [-0.2, 0) is 20.8 Å². The molecule has 32 heavy (non-hydrogen) atoms. The molecule has 0 spiro atoms. The second-order valence-electron chi connectivity index (χ2n) is 8.27. The number of nitrogens with one attached hydrogen (secondary N) is 3. The van der Waals surface area contributed by atoms with E-state index in [-0.39, 0.29) is 42.6 Å². The van der Waals surface area contributed by atoms with Gasteiger partial charge in [-0.1, -0.05) is 54.6 Å². The van der Waals surface area contributed by atoms with Crippen LogP contribution in [0.5, 0.6) is 0 Å². The summed E-state index contributed by atoms with van der Waals surface area (Å²) >= 11 is 0. The summed E-state index contributed by atoms with van der Waals surface area (Å²) in [4.78, 5) is 36.5. The summed E-state index contributed by atoms with van der Waals surface area (Å²) < 4.78 is 0. The molecule has 3 amide bonds. The zero-order valence-corrected chi connectivity index (χ0v) is 18.1. The molecular formula is C26H27N3O3. The highest BCUT2D eigenvalue weighted by Gasteiger charge is 2.29. The molecule has 164 valence electrons. The Balaban J connectivity index is 1.25. The van der Waals surface area contributed by atoms with Gasteiger partial charge in [0.05, 0.1) is 19.0 Å². The molecule has 3 aromatic carbocycles. The Morgan fingerprint density at radius 2 is 1.62 bits per heavy atom. The molecule has 0 bridgehead atoms. The first-order valence-electron chi connectivity index (χ1n) is 10.9. The number of anilines is 1. The summed E-state index contributed by atoms with van der Waals surface area (Å²) in [6.07, 6.45) is 2.15. The molecule has 6 nitrogen and oxygen atoms in total. The Morgan fingerprint density at radius 1 is 0.906 bits per heavy atom. The lowest BCUT2D eigenvalue weighted by atomic mass is 10.0. The van der Waals surface area contributed by atoms with E-state index in [1.807, 2.05) is 73.7 Å². The third kappa shape index (κ3) is 5.52. The fraction of sp³-hybridized carbons (Fsp3) is 0.269. The van der Waals surface area contributed by atoms with Gasteiger partial charge in [0.15, 0.2) is 0 Å². The highest BCUT2D eigenvalue weighted by molar-refractivity contribution is 5.94. The molecule has 0 aromatic heterocycles. The van der Waals surface area contributed by atoms with Crippen LogP contribution in [-0.4, -0.2) is 24.3 Å².